The van der Waals surface area contributed by atoms with Gasteiger partial charge in [0.05, 0.1) is 12.7 Å². The maximum absolute atomic E-state index is 14.3. The van der Waals surface area contributed by atoms with Crippen molar-refractivity contribution in [3.05, 3.63) is 35.9 Å². The van der Waals surface area contributed by atoms with Gasteiger partial charge in [0.2, 0.25) is 0 Å². The summed E-state index contributed by atoms with van der Waals surface area (Å²) in [5.74, 6) is 4.90. The number of Topliss-reactive ketones (excluding diaryl/α,β-unsaturated/α-hetero) is 1. The monoisotopic (exact) mass is 546 g/mol. The van der Waals surface area contributed by atoms with Crippen LogP contribution in [0.1, 0.15) is 110 Å². The first kappa shape index (κ1) is 27.6. The van der Waals surface area contributed by atoms with Crippen LogP contribution in [0.2, 0.25) is 0 Å². The number of carbonyl (C=O) groups excluding carboxylic acids is 1. The molecule has 0 bridgehead atoms. The van der Waals surface area contributed by atoms with Crippen LogP contribution in [0.4, 0.5) is 0 Å². The minimum Gasteiger partial charge on any atom is -0.349 e. The van der Waals surface area contributed by atoms with Gasteiger partial charge in [-0.3, -0.25) is 4.79 Å². The fourth-order valence-corrected chi connectivity index (χ4v) is 11.7. The van der Waals surface area contributed by atoms with Gasteiger partial charge >= 0.3 is 0 Å². The third-order valence-electron chi connectivity index (χ3n) is 14.1. The highest BCUT2D eigenvalue weighted by atomic mass is 16.7. The number of benzene rings is 1. The molecule has 4 aliphatic carbocycles. The van der Waals surface area contributed by atoms with E-state index in [1.165, 1.54) is 69.8 Å². The van der Waals surface area contributed by atoms with E-state index in [9.17, 15) is 4.79 Å². The van der Waals surface area contributed by atoms with Gasteiger partial charge in [0.25, 0.3) is 0 Å². The standard InChI is InChI=1S/C37H54O3/c1-24-16-19-37(39-23-24)25(2)34-32(40-37)21-31-29-15-14-28-20-27(13-9-8-12-26-10-6-5-7-11-26)17-18-35(28,3)30(29)22-33(38)36(31,34)4/h5-7,10-11,24-25,27-32,34H,8-9,12-23H2,1-4H3/t24-,25+,27+,28+,29-,30+,31+,32+,34+,35+,36-,37-/m1/s1. The van der Waals surface area contributed by atoms with Crippen LogP contribution in [-0.2, 0) is 20.7 Å². The van der Waals surface area contributed by atoms with Gasteiger partial charge in [-0.15, -0.1) is 0 Å². The molecule has 7 rings (SSSR count). The van der Waals surface area contributed by atoms with Gasteiger partial charge in [0.1, 0.15) is 5.78 Å². The van der Waals surface area contributed by atoms with Gasteiger partial charge in [-0.2, -0.15) is 0 Å². The molecule has 3 heteroatoms. The molecule has 0 aromatic heterocycles. The van der Waals surface area contributed by atoms with Crippen molar-refractivity contribution in [2.75, 3.05) is 6.61 Å². The van der Waals surface area contributed by atoms with Crippen LogP contribution in [0, 0.1) is 58.2 Å². The van der Waals surface area contributed by atoms with E-state index in [1.807, 2.05) is 0 Å². The van der Waals surface area contributed by atoms with Gasteiger partial charge in [-0.25, -0.2) is 0 Å². The van der Waals surface area contributed by atoms with Crippen molar-refractivity contribution in [1.82, 2.24) is 0 Å². The van der Waals surface area contributed by atoms with E-state index in [0.717, 1.165) is 37.7 Å². The summed E-state index contributed by atoms with van der Waals surface area (Å²) in [5.41, 5.74) is 1.62. The highest BCUT2D eigenvalue weighted by Gasteiger charge is 2.71. The summed E-state index contributed by atoms with van der Waals surface area (Å²) < 4.78 is 13.4. The van der Waals surface area contributed by atoms with Crippen LogP contribution < -0.4 is 0 Å². The molecule has 1 spiro atoms. The molecule has 220 valence electrons. The molecule has 12 atom stereocenters. The molecule has 0 amide bonds. The molecule has 1 aromatic carbocycles. The summed E-state index contributed by atoms with van der Waals surface area (Å²) in [6, 6.07) is 11.0. The number of hydrogen-bond donors (Lipinski definition) is 0. The van der Waals surface area contributed by atoms with E-state index >= 15 is 0 Å². The number of hydrogen-bond acceptors (Lipinski definition) is 3. The van der Waals surface area contributed by atoms with Crippen molar-refractivity contribution in [1.29, 1.82) is 0 Å². The summed E-state index contributed by atoms with van der Waals surface area (Å²) in [6.07, 6.45) is 16.4. The molecular weight excluding hydrogens is 492 g/mol. The molecule has 6 fully saturated rings. The predicted octanol–water partition coefficient (Wildman–Crippen LogP) is 8.64. The Balaban J connectivity index is 1.01. The fourth-order valence-electron chi connectivity index (χ4n) is 11.7. The maximum Gasteiger partial charge on any atom is 0.171 e. The molecular formula is C37H54O3. The third-order valence-corrected chi connectivity index (χ3v) is 14.1. The van der Waals surface area contributed by atoms with Crippen LogP contribution in [0.25, 0.3) is 0 Å². The molecule has 0 N–H and O–H groups in total. The van der Waals surface area contributed by atoms with Gasteiger partial charge in [-0.1, -0.05) is 70.9 Å². The zero-order valence-electron chi connectivity index (χ0n) is 25.7. The number of rotatable bonds is 5. The Morgan fingerprint density at radius 3 is 2.52 bits per heavy atom. The van der Waals surface area contributed by atoms with E-state index in [-0.39, 0.29) is 11.5 Å². The first-order valence-corrected chi connectivity index (χ1v) is 17.1. The molecule has 40 heavy (non-hydrogen) atoms. The van der Waals surface area contributed by atoms with Crippen molar-refractivity contribution >= 4 is 5.78 Å². The maximum atomic E-state index is 14.3. The molecule has 4 saturated carbocycles. The Morgan fingerprint density at radius 2 is 1.75 bits per heavy atom. The average Bonchev–Trinajstić information content (AvgIpc) is 3.40. The smallest absolute Gasteiger partial charge is 0.171 e. The molecule has 0 radical (unpaired) electrons. The first-order valence-electron chi connectivity index (χ1n) is 17.1. The molecule has 1 aromatic rings. The summed E-state index contributed by atoms with van der Waals surface area (Å²) in [4.78, 5) is 14.3. The van der Waals surface area contributed by atoms with Crippen LogP contribution in [0.3, 0.4) is 0 Å². The quantitative estimate of drug-likeness (QED) is 0.347. The zero-order chi connectivity index (χ0) is 27.7. The molecule has 2 heterocycles. The summed E-state index contributed by atoms with van der Waals surface area (Å²) >= 11 is 0. The van der Waals surface area contributed by atoms with E-state index in [4.69, 9.17) is 9.47 Å². The van der Waals surface area contributed by atoms with Crippen molar-refractivity contribution < 1.29 is 14.3 Å². The van der Waals surface area contributed by atoms with Gasteiger partial charge in [0, 0.05) is 30.1 Å². The number of carbonyl (C=O) groups is 1. The predicted molar refractivity (Wildman–Crippen MR) is 160 cm³/mol. The lowest BCUT2D eigenvalue weighted by molar-refractivity contribution is -0.272. The van der Waals surface area contributed by atoms with Gasteiger partial charge in [-0.05, 0) is 104 Å². The fraction of sp³-hybridized carbons (Fsp3) is 0.811. The van der Waals surface area contributed by atoms with Crippen molar-refractivity contribution in [3.63, 3.8) is 0 Å². The second-order valence-corrected chi connectivity index (χ2v) is 15.9. The SMILES string of the molecule is C[C@@H]1CC[C@@]2(OC1)O[C@H]1C[C@H]3[C@@H]4CC[C@H]5C[C@@H](CCCCc6ccccc6)CC[C@]5(C)[C@H]4CC(=O)[C@]3(C)[C@H]1[C@@H]2C. The Labute approximate surface area is 243 Å². The van der Waals surface area contributed by atoms with Crippen LogP contribution >= 0.6 is 0 Å². The number of fused-ring (bicyclic) bond motifs is 7. The highest BCUT2D eigenvalue weighted by Crippen LogP contribution is 2.70. The molecule has 0 unspecified atom stereocenters. The first-order chi connectivity index (χ1) is 19.2. The zero-order valence-corrected chi connectivity index (χ0v) is 25.7. The van der Waals surface area contributed by atoms with Crippen LogP contribution in [0.15, 0.2) is 30.3 Å². The lowest BCUT2D eigenvalue weighted by atomic mass is 9.43. The van der Waals surface area contributed by atoms with Crippen LogP contribution in [-0.4, -0.2) is 24.3 Å². The summed E-state index contributed by atoms with van der Waals surface area (Å²) in [6.45, 7) is 10.4. The second-order valence-electron chi connectivity index (χ2n) is 15.9. The largest absolute Gasteiger partial charge is 0.349 e. The minimum atomic E-state index is -0.434. The highest BCUT2D eigenvalue weighted by molar-refractivity contribution is 5.87. The van der Waals surface area contributed by atoms with E-state index in [2.05, 4.69) is 58.0 Å². The lowest BCUT2D eigenvalue weighted by Gasteiger charge is -2.61. The third kappa shape index (κ3) is 4.22. The van der Waals surface area contributed by atoms with Crippen molar-refractivity contribution in [3.8, 4) is 0 Å². The van der Waals surface area contributed by atoms with Crippen molar-refractivity contribution in [2.24, 2.45) is 58.2 Å². The van der Waals surface area contributed by atoms with E-state index in [1.54, 1.807) is 0 Å². The second kappa shape index (κ2) is 10.2. The minimum absolute atomic E-state index is 0.207. The molecule has 2 aliphatic heterocycles. The van der Waals surface area contributed by atoms with Crippen LogP contribution in [0.5, 0.6) is 0 Å². The number of unbranched alkanes of at least 4 members (excludes halogenated alkanes) is 1. The Kier molecular flexibility index (Phi) is 7.06. The van der Waals surface area contributed by atoms with Crippen molar-refractivity contribution in [2.45, 2.75) is 123 Å². The summed E-state index contributed by atoms with van der Waals surface area (Å²) in [5, 5.41) is 0. The van der Waals surface area contributed by atoms with E-state index in [0.29, 0.717) is 46.7 Å². The summed E-state index contributed by atoms with van der Waals surface area (Å²) in [7, 11) is 0. The van der Waals surface area contributed by atoms with Gasteiger partial charge in [0.15, 0.2) is 5.79 Å². The average molecular weight is 547 g/mol. The number of aryl methyl sites for hydroxylation is 1. The molecule has 6 aliphatic rings. The number of ether oxygens (including phenoxy) is 2. The molecule has 2 saturated heterocycles. The Morgan fingerprint density at radius 1 is 0.925 bits per heavy atom. The Bertz CT molecular complexity index is 1070. The normalized spacial score (nSPS) is 49.8. The lowest BCUT2D eigenvalue weighted by Crippen LogP contribution is -2.58. The van der Waals surface area contributed by atoms with E-state index < -0.39 is 5.79 Å². The Hall–Kier alpha value is -1.19. The topological polar surface area (TPSA) is 35.5 Å². The van der Waals surface area contributed by atoms with Gasteiger partial charge < -0.3 is 9.47 Å². The number of ketones is 1. The molecule has 3 nitrogen and oxygen atoms in total.